The average molecular weight is 291 g/mol. The molecular formula is C15H15ClN2O2. The molecule has 0 saturated carbocycles. The van der Waals surface area contributed by atoms with E-state index in [1.807, 2.05) is 26.8 Å². The van der Waals surface area contributed by atoms with Crippen LogP contribution in [0.4, 0.5) is 0 Å². The van der Waals surface area contributed by atoms with Crippen molar-refractivity contribution < 1.29 is 9.21 Å². The fraction of sp³-hybridized carbons (Fsp3) is 0.200. The molecule has 104 valence electrons. The van der Waals surface area contributed by atoms with Crippen molar-refractivity contribution in [2.24, 2.45) is 5.10 Å². The Bertz CT molecular complexity index is 674. The molecule has 20 heavy (non-hydrogen) atoms. The summed E-state index contributed by atoms with van der Waals surface area (Å²) in [5, 5.41) is 4.48. The molecule has 1 aromatic heterocycles. The van der Waals surface area contributed by atoms with Crippen LogP contribution >= 0.6 is 11.6 Å². The molecule has 4 nitrogen and oxygen atoms in total. The number of nitrogens with one attached hydrogen (secondary N) is 1. The number of halogens is 1. The van der Waals surface area contributed by atoms with Crippen molar-refractivity contribution in [3.05, 3.63) is 58.0 Å². The van der Waals surface area contributed by atoms with Gasteiger partial charge in [0, 0.05) is 5.56 Å². The van der Waals surface area contributed by atoms with Gasteiger partial charge in [-0.05, 0) is 39.0 Å². The van der Waals surface area contributed by atoms with Gasteiger partial charge in [0.25, 0.3) is 5.91 Å². The van der Waals surface area contributed by atoms with E-state index in [0.717, 1.165) is 17.1 Å². The van der Waals surface area contributed by atoms with E-state index < -0.39 is 0 Å². The van der Waals surface area contributed by atoms with Crippen LogP contribution < -0.4 is 5.43 Å². The van der Waals surface area contributed by atoms with Crippen molar-refractivity contribution in [2.75, 3.05) is 0 Å². The topological polar surface area (TPSA) is 54.6 Å². The molecular weight excluding hydrogens is 276 g/mol. The molecule has 1 N–H and O–H groups in total. The van der Waals surface area contributed by atoms with Crippen LogP contribution in [0.2, 0.25) is 5.02 Å². The molecule has 0 bridgehead atoms. The number of furan rings is 1. The predicted molar refractivity (Wildman–Crippen MR) is 79.3 cm³/mol. The molecule has 0 unspecified atom stereocenters. The Hall–Kier alpha value is -2.07. The van der Waals surface area contributed by atoms with Gasteiger partial charge in [-0.2, -0.15) is 5.10 Å². The second-order valence-electron chi connectivity index (χ2n) is 4.44. The van der Waals surface area contributed by atoms with E-state index in [0.29, 0.717) is 16.3 Å². The Kier molecular flexibility index (Phi) is 4.25. The third kappa shape index (κ3) is 3.08. The lowest BCUT2D eigenvalue weighted by molar-refractivity contribution is 0.0955. The molecule has 1 heterocycles. The predicted octanol–water partition coefficient (Wildman–Crippen LogP) is 3.70. The van der Waals surface area contributed by atoms with Crippen LogP contribution in [-0.4, -0.2) is 11.6 Å². The van der Waals surface area contributed by atoms with Gasteiger partial charge in [-0.3, -0.25) is 4.79 Å². The Balaban J connectivity index is 2.15. The molecule has 0 atom stereocenters. The molecule has 0 spiro atoms. The van der Waals surface area contributed by atoms with Crippen molar-refractivity contribution in [3.63, 3.8) is 0 Å². The largest absolute Gasteiger partial charge is 0.466 e. The number of rotatable bonds is 3. The molecule has 0 aliphatic carbocycles. The first-order chi connectivity index (χ1) is 9.49. The van der Waals surface area contributed by atoms with Gasteiger partial charge >= 0.3 is 0 Å². The monoisotopic (exact) mass is 290 g/mol. The highest BCUT2D eigenvalue weighted by Gasteiger charge is 2.10. The van der Waals surface area contributed by atoms with Crippen LogP contribution in [0, 0.1) is 13.8 Å². The number of hydrazone groups is 1. The van der Waals surface area contributed by atoms with Gasteiger partial charge in [0.05, 0.1) is 16.3 Å². The van der Waals surface area contributed by atoms with Gasteiger partial charge in [0.2, 0.25) is 0 Å². The maximum absolute atomic E-state index is 12.0. The van der Waals surface area contributed by atoms with E-state index in [4.69, 9.17) is 16.0 Å². The molecule has 0 aliphatic rings. The Labute approximate surface area is 122 Å². The van der Waals surface area contributed by atoms with Crippen LogP contribution in [-0.2, 0) is 0 Å². The number of carbonyl (C=O) groups excluding carboxylic acids is 1. The number of aryl methyl sites for hydroxylation is 2. The summed E-state index contributed by atoms with van der Waals surface area (Å²) in [7, 11) is 0. The quantitative estimate of drug-likeness (QED) is 0.692. The van der Waals surface area contributed by atoms with Gasteiger partial charge in [0.1, 0.15) is 11.5 Å². The van der Waals surface area contributed by atoms with E-state index >= 15 is 0 Å². The summed E-state index contributed by atoms with van der Waals surface area (Å²) in [6.45, 7) is 5.54. The highest BCUT2D eigenvalue weighted by atomic mass is 35.5. The van der Waals surface area contributed by atoms with Crippen molar-refractivity contribution in [1.82, 2.24) is 5.43 Å². The summed E-state index contributed by atoms with van der Waals surface area (Å²) in [6, 6.07) is 8.72. The van der Waals surface area contributed by atoms with Crippen LogP contribution in [0.15, 0.2) is 39.9 Å². The van der Waals surface area contributed by atoms with Crippen LogP contribution in [0.1, 0.15) is 34.4 Å². The Morgan fingerprint density at radius 3 is 2.55 bits per heavy atom. The van der Waals surface area contributed by atoms with Gasteiger partial charge in [-0.15, -0.1) is 0 Å². The SMILES string of the molecule is CC(=NNC(=O)c1ccccc1Cl)c1cc(C)oc1C. The standard InChI is InChI=1S/C15H15ClN2O2/c1-9-8-13(11(3)20-9)10(2)17-18-15(19)12-6-4-5-7-14(12)16/h4-8H,1-3H3,(H,18,19). The van der Waals surface area contributed by atoms with Crippen LogP contribution in [0.25, 0.3) is 0 Å². The Morgan fingerprint density at radius 1 is 1.25 bits per heavy atom. The summed E-state index contributed by atoms with van der Waals surface area (Å²) in [5.74, 6) is 1.24. The second kappa shape index (κ2) is 5.92. The lowest BCUT2D eigenvalue weighted by Crippen LogP contribution is -2.19. The van der Waals surface area contributed by atoms with Crippen molar-refractivity contribution in [3.8, 4) is 0 Å². The number of nitrogens with zero attached hydrogens (tertiary/aromatic N) is 1. The maximum Gasteiger partial charge on any atom is 0.272 e. The molecule has 2 rings (SSSR count). The minimum atomic E-state index is -0.340. The van der Waals surface area contributed by atoms with Crippen LogP contribution in [0.5, 0.6) is 0 Å². The lowest BCUT2D eigenvalue weighted by atomic mass is 10.2. The number of hydrogen-bond donors (Lipinski definition) is 1. The fourth-order valence-corrected chi connectivity index (χ4v) is 2.11. The first-order valence-corrected chi connectivity index (χ1v) is 6.53. The molecule has 1 amide bonds. The first-order valence-electron chi connectivity index (χ1n) is 6.15. The van der Waals surface area contributed by atoms with E-state index in [1.165, 1.54) is 0 Å². The van der Waals surface area contributed by atoms with Crippen LogP contribution in [0.3, 0.4) is 0 Å². The number of hydrogen-bond acceptors (Lipinski definition) is 3. The molecule has 0 aliphatic heterocycles. The molecule has 0 radical (unpaired) electrons. The fourth-order valence-electron chi connectivity index (χ4n) is 1.89. The summed E-state index contributed by atoms with van der Waals surface area (Å²) in [4.78, 5) is 12.0. The van der Waals surface area contributed by atoms with Crippen molar-refractivity contribution in [2.45, 2.75) is 20.8 Å². The molecule has 0 saturated heterocycles. The summed E-state index contributed by atoms with van der Waals surface area (Å²) >= 11 is 5.96. The number of carbonyl (C=O) groups is 1. The maximum atomic E-state index is 12.0. The molecule has 0 fully saturated rings. The lowest BCUT2D eigenvalue weighted by Gasteiger charge is -2.03. The zero-order valence-corrected chi connectivity index (χ0v) is 12.3. The van der Waals surface area contributed by atoms with E-state index in [1.54, 1.807) is 24.3 Å². The van der Waals surface area contributed by atoms with Gasteiger partial charge in [-0.1, -0.05) is 23.7 Å². The van der Waals surface area contributed by atoms with E-state index in [2.05, 4.69) is 10.5 Å². The van der Waals surface area contributed by atoms with Gasteiger partial charge in [-0.25, -0.2) is 5.43 Å². The zero-order chi connectivity index (χ0) is 14.7. The highest BCUT2D eigenvalue weighted by molar-refractivity contribution is 6.33. The Morgan fingerprint density at radius 2 is 1.95 bits per heavy atom. The molecule has 2 aromatic rings. The summed E-state index contributed by atoms with van der Waals surface area (Å²) in [6.07, 6.45) is 0. The smallest absolute Gasteiger partial charge is 0.272 e. The van der Waals surface area contributed by atoms with Gasteiger partial charge < -0.3 is 4.42 Å². The summed E-state index contributed by atoms with van der Waals surface area (Å²) < 4.78 is 5.43. The second-order valence-corrected chi connectivity index (χ2v) is 4.85. The highest BCUT2D eigenvalue weighted by Crippen LogP contribution is 2.16. The first kappa shape index (κ1) is 14.3. The van der Waals surface area contributed by atoms with Crippen molar-refractivity contribution >= 4 is 23.2 Å². The zero-order valence-electron chi connectivity index (χ0n) is 11.5. The third-order valence-corrected chi connectivity index (χ3v) is 3.20. The van der Waals surface area contributed by atoms with E-state index in [-0.39, 0.29) is 5.91 Å². The third-order valence-electron chi connectivity index (χ3n) is 2.87. The molecule has 1 aromatic carbocycles. The summed E-state index contributed by atoms with van der Waals surface area (Å²) in [5.41, 5.74) is 4.45. The van der Waals surface area contributed by atoms with E-state index in [9.17, 15) is 4.79 Å². The molecule has 5 heteroatoms. The van der Waals surface area contributed by atoms with Gasteiger partial charge in [0.15, 0.2) is 0 Å². The normalized spacial score (nSPS) is 11.5. The minimum Gasteiger partial charge on any atom is -0.466 e. The number of benzene rings is 1. The van der Waals surface area contributed by atoms with Crippen molar-refractivity contribution in [1.29, 1.82) is 0 Å². The minimum absolute atomic E-state index is 0.340. The number of amides is 1. The average Bonchev–Trinajstić information content (AvgIpc) is 2.75.